The molecule has 3 atom stereocenters. The lowest BCUT2D eigenvalue weighted by atomic mass is 9.85. The average molecular weight is 342 g/mol. The summed E-state index contributed by atoms with van der Waals surface area (Å²) in [6.45, 7) is 2.10. The molecular formula is C19H26N4O2. The number of aliphatic hydroxyl groups excluding tert-OH is 1. The number of hydrogen-bond acceptors (Lipinski definition) is 3. The van der Waals surface area contributed by atoms with E-state index in [0.717, 1.165) is 36.9 Å². The summed E-state index contributed by atoms with van der Waals surface area (Å²) in [5.74, 6) is 0.166. The van der Waals surface area contributed by atoms with Crippen LogP contribution in [0, 0.1) is 5.92 Å². The molecule has 6 nitrogen and oxygen atoms in total. The van der Waals surface area contributed by atoms with Gasteiger partial charge in [-0.3, -0.25) is 0 Å². The molecule has 1 aliphatic carbocycles. The number of benzene rings is 1. The Morgan fingerprint density at radius 3 is 3.00 bits per heavy atom. The van der Waals surface area contributed by atoms with Gasteiger partial charge in [-0.05, 0) is 37.5 Å². The van der Waals surface area contributed by atoms with Gasteiger partial charge in [0.25, 0.3) is 0 Å². The van der Waals surface area contributed by atoms with Crippen LogP contribution in [0.2, 0.25) is 0 Å². The normalized spacial score (nSPS) is 21.5. The molecule has 3 unspecified atom stereocenters. The lowest BCUT2D eigenvalue weighted by molar-refractivity contribution is 0.153. The Balaban J connectivity index is 1.61. The van der Waals surface area contributed by atoms with Crippen LogP contribution in [0.4, 0.5) is 4.79 Å². The SMILES string of the molecule is CC(NC(=O)NC1CCCCC1CO)c1cccc(-n2ccnc2)c1. The largest absolute Gasteiger partial charge is 0.396 e. The van der Waals surface area contributed by atoms with Crippen molar-refractivity contribution in [2.24, 2.45) is 5.92 Å². The summed E-state index contributed by atoms with van der Waals surface area (Å²) in [6, 6.07) is 7.80. The molecular weight excluding hydrogens is 316 g/mol. The lowest BCUT2D eigenvalue weighted by Crippen LogP contribution is -2.48. The van der Waals surface area contributed by atoms with E-state index in [9.17, 15) is 9.90 Å². The number of carbonyl (C=O) groups is 1. The van der Waals surface area contributed by atoms with Gasteiger partial charge in [-0.15, -0.1) is 0 Å². The first-order valence-corrected chi connectivity index (χ1v) is 8.93. The smallest absolute Gasteiger partial charge is 0.315 e. The molecule has 3 rings (SSSR count). The molecule has 1 heterocycles. The number of nitrogens with zero attached hydrogens (tertiary/aromatic N) is 2. The fraction of sp³-hybridized carbons (Fsp3) is 0.474. The number of rotatable bonds is 5. The van der Waals surface area contributed by atoms with Crippen molar-refractivity contribution in [1.29, 1.82) is 0 Å². The van der Waals surface area contributed by atoms with Crippen molar-refractivity contribution in [3.05, 3.63) is 48.5 Å². The first-order valence-electron chi connectivity index (χ1n) is 8.93. The van der Waals surface area contributed by atoms with E-state index in [4.69, 9.17) is 0 Å². The van der Waals surface area contributed by atoms with Crippen molar-refractivity contribution in [1.82, 2.24) is 20.2 Å². The summed E-state index contributed by atoms with van der Waals surface area (Å²) in [5, 5.41) is 15.5. The van der Waals surface area contributed by atoms with Crippen LogP contribution in [0.3, 0.4) is 0 Å². The third kappa shape index (κ3) is 4.39. The van der Waals surface area contributed by atoms with Gasteiger partial charge in [-0.1, -0.05) is 25.0 Å². The molecule has 2 aromatic rings. The molecule has 0 spiro atoms. The standard InChI is InChI=1S/C19H26N4O2/c1-14(15-6-4-7-17(11-15)23-10-9-20-13-23)21-19(25)22-18-8-3-2-5-16(18)12-24/h4,6-7,9-11,13-14,16,18,24H,2-3,5,8,12H2,1H3,(H2,21,22,25). The summed E-state index contributed by atoms with van der Waals surface area (Å²) in [6.07, 6.45) is 9.52. The van der Waals surface area contributed by atoms with E-state index in [1.165, 1.54) is 0 Å². The number of hydrogen-bond donors (Lipinski definition) is 3. The lowest BCUT2D eigenvalue weighted by Gasteiger charge is -2.31. The molecule has 1 aromatic heterocycles. The third-order valence-corrected chi connectivity index (χ3v) is 4.98. The number of aromatic nitrogens is 2. The number of aliphatic hydroxyl groups is 1. The van der Waals surface area contributed by atoms with E-state index in [1.807, 2.05) is 42.0 Å². The minimum Gasteiger partial charge on any atom is -0.396 e. The fourth-order valence-electron chi connectivity index (χ4n) is 3.47. The van der Waals surface area contributed by atoms with Gasteiger partial charge in [0.15, 0.2) is 0 Å². The van der Waals surface area contributed by atoms with Gasteiger partial charge in [-0.2, -0.15) is 0 Å². The second-order valence-electron chi connectivity index (χ2n) is 6.74. The highest BCUT2D eigenvalue weighted by molar-refractivity contribution is 5.74. The molecule has 0 radical (unpaired) electrons. The van der Waals surface area contributed by atoms with Gasteiger partial charge in [0.05, 0.1) is 12.4 Å². The summed E-state index contributed by atoms with van der Waals surface area (Å²) in [5.41, 5.74) is 2.04. The number of urea groups is 1. The first kappa shape index (κ1) is 17.5. The van der Waals surface area contributed by atoms with Crippen LogP contribution in [0.1, 0.15) is 44.2 Å². The molecule has 6 heteroatoms. The van der Waals surface area contributed by atoms with Crippen molar-refractivity contribution in [2.45, 2.75) is 44.7 Å². The first-order chi connectivity index (χ1) is 12.2. The summed E-state index contributed by atoms with van der Waals surface area (Å²) in [7, 11) is 0. The Morgan fingerprint density at radius 2 is 2.24 bits per heavy atom. The maximum Gasteiger partial charge on any atom is 0.315 e. The summed E-state index contributed by atoms with van der Waals surface area (Å²) in [4.78, 5) is 16.4. The Kier molecular flexibility index (Phi) is 5.71. The topological polar surface area (TPSA) is 79.2 Å². The molecule has 0 saturated heterocycles. The van der Waals surface area contributed by atoms with Crippen LogP contribution in [0.25, 0.3) is 5.69 Å². The monoisotopic (exact) mass is 342 g/mol. The Labute approximate surface area is 148 Å². The predicted octanol–water partition coefficient (Wildman–Crippen LogP) is 2.78. The van der Waals surface area contributed by atoms with Crippen LogP contribution >= 0.6 is 0 Å². The van der Waals surface area contributed by atoms with Crippen molar-refractivity contribution >= 4 is 6.03 Å². The maximum absolute atomic E-state index is 12.4. The second-order valence-corrected chi connectivity index (χ2v) is 6.74. The van der Waals surface area contributed by atoms with Gasteiger partial charge in [-0.25, -0.2) is 9.78 Å². The van der Waals surface area contributed by atoms with Crippen molar-refractivity contribution in [3.63, 3.8) is 0 Å². The Morgan fingerprint density at radius 1 is 1.40 bits per heavy atom. The van der Waals surface area contributed by atoms with Gasteiger partial charge >= 0.3 is 6.03 Å². The van der Waals surface area contributed by atoms with E-state index < -0.39 is 0 Å². The van der Waals surface area contributed by atoms with E-state index in [0.29, 0.717) is 0 Å². The molecule has 3 N–H and O–H groups in total. The highest BCUT2D eigenvalue weighted by atomic mass is 16.3. The fourth-order valence-corrected chi connectivity index (χ4v) is 3.47. The zero-order valence-corrected chi connectivity index (χ0v) is 14.6. The Bertz CT molecular complexity index is 686. The quantitative estimate of drug-likeness (QED) is 0.782. The van der Waals surface area contributed by atoms with Gasteiger partial charge in [0, 0.05) is 36.6 Å². The molecule has 1 aliphatic rings. The molecule has 2 amide bonds. The molecule has 1 aromatic carbocycles. The third-order valence-electron chi connectivity index (χ3n) is 4.98. The van der Waals surface area contributed by atoms with E-state index in [1.54, 1.807) is 12.5 Å². The van der Waals surface area contributed by atoms with Crippen LogP contribution in [0.15, 0.2) is 43.0 Å². The molecule has 25 heavy (non-hydrogen) atoms. The zero-order chi connectivity index (χ0) is 17.6. The molecule has 1 fully saturated rings. The van der Waals surface area contributed by atoms with Gasteiger partial charge in [0.1, 0.15) is 0 Å². The van der Waals surface area contributed by atoms with Crippen molar-refractivity contribution in [3.8, 4) is 5.69 Å². The zero-order valence-electron chi connectivity index (χ0n) is 14.6. The number of nitrogens with one attached hydrogen (secondary N) is 2. The van der Waals surface area contributed by atoms with Crippen LogP contribution in [-0.4, -0.2) is 33.3 Å². The minimum absolute atomic E-state index is 0.0585. The van der Waals surface area contributed by atoms with Crippen LogP contribution < -0.4 is 10.6 Å². The molecule has 1 saturated carbocycles. The highest BCUT2D eigenvalue weighted by Gasteiger charge is 2.26. The second kappa shape index (κ2) is 8.16. The molecule has 0 aliphatic heterocycles. The highest BCUT2D eigenvalue weighted by Crippen LogP contribution is 2.24. The van der Waals surface area contributed by atoms with E-state index in [2.05, 4.69) is 15.6 Å². The number of amides is 2. The van der Waals surface area contributed by atoms with Crippen LogP contribution in [0.5, 0.6) is 0 Å². The van der Waals surface area contributed by atoms with Gasteiger partial charge < -0.3 is 20.3 Å². The van der Waals surface area contributed by atoms with Crippen LogP contribution in [-0.2, 0) is 0 Å². The van der Waals surface area contributed by atoms with Gasteiger partial charge in [0.2, 0.25) is 0 Å². The van der Waals surface area contributed by atoms with E-state index >= 15 is 0 Å². The Hall–Kier alpha value is -2.34. The number of carbonyl (C=O) groups excluding carboxylic acids is 1. The maximum atomic E-state index is 12.4. The number of imidazole rings is 1. The predicted molar refractivity (Wildman–Crippen MR) is 96.5 cm³/mol. The summed E-state index contributed by atoms with van der Waals surface area (Å²) < 4.78 is 1.93. The minimum atomic E-state index is -0.175. The molecule has 134 valence electrons. The van der Waals surface area contributed by atoms with E-state index in [-0.39, 0.29) is 30.6 Å². The van der Waals surface area contributed by atoms with Crippen molar-refractivity contribution in [2.75, 3.05) is 6.61 Å². The summed E-state index contributed by atoms with van der Waals surface area (Å²) >= 11 is 0. The molecule has 0 bridgehead atoms. The average Bonchev–Trinajstić information content (AvgIpc) is 3.17. The van der Waals surface area contributed by atoms with Crippen molar-refractivity contribution < 1.29 is 9.90 Å².